The Balaban J connectivity index is 2.25. The van der Waals surface area contributed by atoms with E-state index in [1.807, 2.05) is 37.4 Å². The molecule has 2 N–H and O–H groups in total. The highest BCUT2D eigenvalue weighted by Gasteiger charge is 2.12. The zero-order valence-corrected chi connectivity index (χ0v) is 11.4. The monoisotopic (exact) mass is 261 g/mol. The number of anilines is 2. The van der Waals surface area contributed by atoms with Gasteiger partial charge in [0.05, 0.1) is 11.3 Å². The van der Waals surface area contributed by atoms with E-state index in [2.05, 4.69) is 15.6 Å². The molecule has 1 heterocycles. The number of hydrogen-bond acceptors (Lipinski definition) is 4. The van der Waals surface area contributed by atoms with Crippen LogP contribution in [0.1, 0.15) is 21.6 Å². The van der Waals surface area contributed by atoms with E-state index in [0.717, 1.165) is 16.9 Å². The molecule has 1 aromatic carbocycles. The standard InChI is InChI=1S/C13H15N3OS/c1-8-4-5-11(14-3)10(6-8)12(17)16-13-15-9(2)7-18-13/h4-7,14H,1-3H3,(H,15,16,17). The largest absolute Gasteiger partial charge is 0.387 e. The zero-order valence-electron chi connectivity index (χ0n) is 10.6. The van der Waals surface area contributed by atoms with Crippen LogP contribution in [0.2, 0.25) is 0 Å². The number of nitrogens with one attached hydrogen (secondary N) is 2. The molecule has 2 rings (SSSR count). The molecule has 0 fully saturated rings. The van der Waals surface area contributed by atoms with Crippen molar-refractivity contribution in [1.29, 1.82) is 0 Å². The van der Waals surface area contributed by atoms with Gasteiger partial charge in [-0.2, -0.15) is 0 Å². The second-order valence-electron chi connectivity index (χ2n) is 4.05. The third kappa shape index (κ3) is 2.68. The average Bonchev–Trinajstić information content (AvgIpc) is 2.74. The average molecular weight is 261 g/mol. The highest BCUT2D eigenvalue weighted by Crippen LogP contribution is 2.20. The van der Waals surface area contributed by atoms with E-state index in [0.29, 0.717) is 10.7 Å². The van der Waals surface area contributed by atoms with Gasteiger partial charge in [-0.05, 0) is 26.0 Å². The van der Waals surface area contributed by atoms with Crippen molar-refractivity contribution in [3.63, 3.8) is 0 Å². The Morgan fingerprint density at radius 3 is 2.72 bits per heavy atom. The first-order valence-corrected chi connectivity index (χ1v) is 6.50. The first-order valence-electron chi connectivity index (χ1n) is 5.62. The summed E-state index contributed by atoms with van der Waals surface area (Å²) in [5.74, 6) is -0.141. The smallest absolute Gasteiger partial charge is 0.259 e. The molecular weight excluding hydrogens is 246 g/mol. The number of benzene rings is 1. The van der Waals surface area contributed by atoms with Crippen molar-refractivity contribution in [3.8, 4) is 0 Å². The normalized spacial score (nSPS) is 10.2. The van der Waals surface area contributed by atoms with Crippen LogP contribution in [0.4, 0.5) is 10.8 Å². The fraction of sp³-hybridized carbons (Fsp3) is 0.231. The Bertz CT molecular complexity index is 577. The highest BCUT2D eigenvalue weighted by molar-refractivity contribution is 7.13. The molecule has 0 aliphatic carbocycles. The van der Waals surface area contributed by atoms with Gasteiger partial charge in [0.2, 0.25) is 0 Å². The number of hydrogen-bond donors (Lipinski definition) is 2. The summed E-state index contributed by atoms with van der Waals surface area (Å²) >= 11 is 1.43. The van der Waals surface area contributed by atoms with Crippen LogP contribution < -0.4 is 10.6 Å². The lowest BCUT2D eigenvalue weighted by Crippen LogP contribution is -2.14. The predicted octanol–water partition coefficient (Wildman–Crippen LogP) is 3.05. The van der Waals surface area contributed by atoms with E-state index in [1.165, 1.54) is 11.3 Å². The van der Waals surface area contributed by atoms with Crippen molar-refractivity contribution in [1.82, 2.24) is 4.98 Å². The molecule has 0 spiro atoms. The number of carbonyl (C=O) groups is 1. The molecule has 1 aromatic heterocycles. The Hall–Kier alpha value is -1.88. The maximum absolute atomic E-state index is 12.2. The lowest BCUT2D eigenvalue weighted by atomic mass is 10.1. The SMILES string of the molecule is CNc1ccc(C)cc1C(=O)Nc1nc(C)cs1. The first-order chi connectivity index (χ1) is 8.60. The molecule has 1 amide bonds. The summed E-state index contributed by atoms with van der Waals surface area (Å²) in [7, 11) is 1.80. The van der Waals surface area contributed by atoms with Crippen molar-refractivity contribution >= 4 is 28.1 Å². The van der Waals surface area contributed by atoms with Crippen LogP contribution >= 0.6 is 11.3 Å². The molecule has 0 radical (unpaired) electrons. The predicted molar refractivity (Wildman–Crippen MR) is 75.5 cm³/mol. The van der Waals surface area contributed by atoms with Crippen molar-refractivity contribution in [2.45, 2.75) is 13.8 Å². The molecule has 18 heavy (non-hydrogen) atoms. The lowest BCUT2D eigenvalue weighted by Gasteiger charge is -2.09. The molecule has 0 bridgehead atoms. The minimum atomic E-state index is -0.141. The molecule has 5 heteroatoms. The Kier molecular flexibility index (Phi) is 3.62. The van der Waals surface area contributed by atoms with E-state index in [-0.39, 0.29) is 5.91 Å². The van der Waals surface area contributed by atoms with Crippen LogP contribution in [0, 0.1) is 13.8 Å². The number of rotatable bonds is 3. The van der Waals surface area contributed by atoms with Crippen LogP contribution in [-0.2, 0) is 0 Å². The lowest BCUT2D eigenvalue weighted by molar-refractivity contribution is 0.102. The van der Waals surface area contributed by atoms with Crippen molar-refractivity contribution in [2.75, 3.05) is 17.7 Å². The molecule has 0 aliphatic heterocycles. The number of aromatic nitrogens is 1. The summed E-state index contributed by atoms with van der Waals surface area (Å²) in [5, 5.41) is 8.36. The van der Waals surface area contributed by atoms with Gasteiger partial charge < -0.3 is 5.32 Å². The quantitative estimate of drug-likeness (QED) is 0.892. The Labute approximate surface area is 110 Å². The van der Waals surface area contributed by atoms with Crippen molar-refractivity contribution in [2.24, 2.45) is 0 Å². The van der Waals surface area contributed by atoms with E-state index in [1.54, 1.807) is 7.05 Å². The molecule has 4 nitrogen and oxygen atoms in total. The summed E-state index contributed by atoms with van der Waals surface area (Å²) in [6.07, 6.45) is 0. The van der Waals surface area contributed by atoms with Crippen LogP contribution in [0.3, 0.4) is 0 Å². The van der Waals surface area contributed by atoms with Gasteiger partial charge >= 0.3 is 0 Å². The molecule has 94 valence electrons. The zero-order chi connectivity index (χ0) is 13.1. The molecule has 2 aromatic rings. The second kappa shape index (κ2) is 5.18. The maximum atomic E-state index is 12.2. The highest BCUT2D eigenvalue weighted by atomic mass is 32.1. The second-order valence-corrected chi connectivity index (χ2v) is 4.91. The summed E-state index contributed by atoms with van der Waals surface area (Å²) in [5.41, 5.74) is 3.40. The summed E-state index contributed by atoms with van der Waals surface area (Å²) < 4.78 is 0. The summed E-state index contributed by atoms with van der Waals surface area (Å²) in [4.78, 5) is 16.4. The molecule has 0 unspecified atom stereocenters. The van der Waals surface area contributed by atoms with Gasteiger partial charge in [0, 0.05) is 18.1 Å². The van der Waals surface area contributed by atoms with Gasteiger partial charge in [0.15, 0.2) is 5.13 Å². The molecule has 0 aliphatic rings. The minimum absolute atomic E-state index is 0.141. The third-order valence-corrected chi connectivity index (χ3v) is 3.40. The molecule has 0 atom stereocenters. The van der Waals surface area contributed by atoms with Gasteiger partial charge in [-0.1, -0.05) is 11.6 Å². The summed E-state index contributed by atoms with van der Waals surface area (Å²) in [6, 6.07) is 5.73. The van der Waals surface area contributed by atoms with E-state index >= 15 is 0 Å². The molecular formula is C13H15N3OS. The summed E-state index contributed by atoms with van der Waals surface area (Å²) in [6.45, 7) is 3.86. The van der Waals surface area contributed by atoms with Crippen molar-refractivity contribution < 1.29 is 4.79 Å². The van der Waals surface area contributed by atoms with Crippen LogP contribution in [0.5, 0.6) is 0 Å². The van der Waals surface area contributed by atoms with Gasteiger partial charge in [-0.15, -0.1) is 11.3 Å². The van der Waals surface area contributed by atoms with E-state index in [9.17, 15) is 4.79 Å². The third-order valence-electron chi connectivity index (χ3n) is 2.53. The Morgan fingerprint density at radius 2 is 2.11 bits per heavy atom. The van der Waals surface area contributed by atoms with Gasteiger partial charge in [0.1, 0.15) is 0 Å². The number of amides is 1. The molecule has 0 saturated carbocycles. The number of nitrogens with zero attached hydrogens (tertiary/aromatic N) is 1. The van der Waals surface area contributed by atoms with E-state index < -0.39 is 0 Å². The number of thiazole rings is 1. The minimum Gasteiger partial charge on any atom is -0.387 e. The van der Waals surface area contributed by atoms with Crippen LogP contribution in [0.15, 0.2) is 23.6 Å². The van der Waals surface area contributed by atoms with E-state index in [4.69, 9.17) is 0 Å². The van der Waals surface area contributed by atoms with Gasteiger partial charge in [-0.25, -0.2) is 4.98 Å². The fourth-order valence-corrected chi connectivity index (χ4v) is 2.32. The van der Waals surface area contributed by atoms with Crippen molar-refractivity contribution in [3.05, 3.63) is 40.4 Å². The van der Waals surface area contributed by atoms with Gasteiger partial charge in [-0.3, -0.25) is 10.1 Å². The topological polar surface area (TPSA) is 54.0 Å². The van der Waals surface area contributed by atoms with Crippen LogP contribution in [0.25, 0.3) is 0 Å². The number of aryl methyl sites for hydroxylation is 2. The maximum Gasteiger partial charge on any atom is 0.259 e. The first kappa shape index (κ1) is 12.6. The Morgan fingerprint density at radius 1 is 1.33 bits per heavy atom. The fourth-order valence-electron chi connectivity index (χ4n) is 1.64. The molecule has 0 saturated heterocycles. The number of carbonyl (C=O) groups excluding carboxylic acids is 1. The van der Waals surface area contributed by atoms with Crippen LogP contribution in [-0.4, -0.2) is 17.9 Å². The van der Waals surface area contributed by atoms with Gasteiger partial charge in [0.25, 0.3) is 5.91 Å².